The molecule has 1 aromatic rings. The summed E-state index contributed by atoms with van der Waals surface area (Å²) in [4.78, 5) is 14.8. The summed E-state index contributed by atoms with van der Waals surface area (Å²) < 4.78 is 0.335. The van der Waals surface area contributed by atoms with Crippen LogP contribution < -0.4 is 0 Å². The summed E-state index contributed by atoms with van der Waals surface area (Å²) in [5, 5.41) is 0.312. The zero-order chi connectivity index (χ0) is 19.2. The van der Waals surface area contributed by atoms with Gasteiger partial charge in [-0.25, -0.2) is 0 Å². The number of amides is 1. The predicted octanol–water partition coefficient (Wildman–Crippen LogP) is 5.55. The molecular weight excluding hydrogens is 370 g/mol. The molecule has 3 aliphatic rings. The Bertz CT molecular complexity index is 744. The normalized spacial score (nSPS) is 35.7. The summed E-state index contributed by atoms with van der Waals surface area (Å²) in [5.74, 6) is 2.83. The fraction of sp³-hybridized carbons (Fsp3) is 0.609. The lowest BCUT2D eigenvalue weighted by Crippen LogP contribution is -2.52. The highest BCUT2D eigenvalue weighted by Crippen LogP contribution is 2.57. The first-order chi connectivity index (χ1) is 12.8. The van der Waals surface area contributed by atoms with Crippen LogP contribution in [0.5, 0.6) is 0 Å². The van der Waals surface area contributed by atoms with Gasteiger partial charge in [-0.1, -0.05) is 57.2 Å². The molecule has 27 heavy (non-hydrogen) atoms. The molecule has 0 radical (unpaired) electrons. The van der Waals surface area contributed by atoms with E-state index in [2.05, 4.69) is 62.9 Å². The number of thiol groups is 1. The van der Waals surface area contributed by atoms with E-state index in [1.54, 1.807) is 0 Å². The van der Waals surface area contributed by atoms with E-state index in [1.165, 1.54) is 23.4 Å². The van der Waals surface area contributed by atoms with E-state index in [1.807, 2.05) is 11.0 Å². The van der Waals surface area contributed by atoms with Gasteiger partial charge in [0.15, 0.2) is 0 Å². The molecule has 1 aromatic carbocycles. The third-order valence-electron chi connectivity index (χ3n) is 7.17. The zero-order valence-electron chi connectivity index (χ0n) is 16.6. The first-order valence-corrected chi connectivity index (χ1v) is 11.7. The van der Waals surface area contributed by atoms with E-state index in [-0.39, 0.29) is 11.3 Å². The van der Waals surface area contributed by atoms with E-state index in [0.29, 0.717) is 34.8 Å². The Labute approximate surface area is 173 Å². The molecule has 1 amide bonds. The Hall–Kier alpha value is -0.870. The molecule has 2 heterocycles. The van der Waals surface area contributed by atoms with Gasteiger partial charge in [0, 0.05) is 27.5 Å². The van der Waals surface area contributed by atoms with Crippen LogP contribution in [0.4, 0.5) is 0 Å². The monoisotopic (exact) mass is 401 g/mol. The number of hydrogen-bond acceptors (Lipinski definition) is 3. The second kappa shape index (κ2) is 7.18. The van der Waals surface area contributed by atoms with Crippen molar-refractivity contribution in [2.75, 3.05) is 5.75 Å². The first-order valence-electron chi connectivity index (χ1n) is 10.2. The molecule has 0 spiro atoms. The molecule has 2 saturated heterocycles. The van der Waals surface area contributed by atoms with Crippen LogP contribution in [0.15, 0.2) is 42.1 Å². The van der Waals surface area contributed by atoms with Crippen LogP contribution in [0.2, 0.25) is 0 Å². The fourth-order valence-electron chi connectivity index (χ4n) is 5.52. The van der Waals surface area contributed by atoms with Crippen molar-refractivity contribution in [1.82, 2.24) is 4.90 Å². The van der Waals surface area contributed by atoms with Crippen molar-refractivity contribution in [3.05, 3.63) is 47.7 Å². The van der Waals surface area contributed by atoms with Crippen LogP contribution in [0, 0.1) is 17.3 Å². The number of likely N-dealkylation sites (tertiary alicyclic amines) is 1. The Morgan fingerprint density at radius 1 is 1.22 bits per heavy atom. The minimum atomic E-state index is -0.0158. The van der Waals surface area contributed by atoms with Crippen molar-refractivity contribution in [2.45, 2.75) is 63.0 Å². The molecule has 1 aliphatic carbocycles. The van der Waals surface area contributed by atoms with Gasteiger partial charge in [0.25, 0.3) is 0 Å². The summed E-state index contributed by atoms with van der Waals surface area (Å²) in [6.07, 6.45) is 6.29. The average Bonchev–Trinajstić information content (AvgIpc) is 3.00. The molecule has 146 valence electrons. The van der Waals surface area contributed by atoms with Crippen molar-refractivity contribution in [3.8, 4) is 0 Å². The summed E-state index contributed by atoms with van der Waals surface area (Å²) in [5.41, 5.74) is 2.40. The number of hydrogen-bond donors (Lipinski definition) is 1. The van der Waals surface area contributed by atoms with Crippen molar-refractivity contribution in [3.63, 3.8) is 0 Å². The Morgan fingerprint density at radius 3 is 2.63 bits per heavy atom. The fourth-order valence-corrected chi connectivity index (χ4v) is 7.52. The molecule has 2 fully saturated rings. The van der Waals surface area contributed by atoms with Crippen molar-refractivity contribution in [2.24, 2.45) is 17.3 Å². The summed E-state index contributed by atoms with van der Waals surface area (Å²) in [6.45, 7) is 7.84. The maximum absolute atomic E-state index is 12.8. The van der Waals surface area contributed by atoms with E-state index in [9.17, 15) is 4.79 Å². The largest absolute Gasteiger partial charge is 0.312 e. The van der Waals surface area contributed by atoms with Gasteiger partial charge in [0.2, 0.25) is 5.91 Å². The van der Waals surface area contributed by atoms with E-state index >= 15 is 0 Å². The number of rotatable bonds is 3. The second-order valence-corrected chi connectivity index (χ2v) is 11.5. The van der Waals surface area contributed by atoms with Crippen LogP contribution in [0.1, 0.15) is 52.0 Å². The van der Waals surface area contributed by atoms with Crippen LogP contribution in [0.25, 0.3) is 0 Å². The molecule has 4 unspecified atom stereocenters. The van der Waals surface area contributed by atoms with Gasteiger partial charge in [0.1, 0.15) is 0 Å². The molecule has 0 aromatic heterocycles. The summed E-state index contributed by atoms with van der Waals surface area (Å²) >= 11 is 7.34. The molecule has 0 bridgehead atoms. The molecule has 2 aliphatic heterocycles. The number of thioether (sulfide) groups is 1. The predicted molar refractivity (Wildman–Crippen MR) is 118 cm³/mol. The van der Waals surface area contributed by atoms with Crippen LogP contribution >= 0.6 is 24.4 Å². The molecule has 4 heteroatoms. The zero-order valence-corrected chi connectivity index (χ0v) is 18.4. The number of benzene rings is 1. The lowest BCUT2D eigenvalue weighted by atomic mass is 9.62. The molecule has 4 atom stereocenters. The first kappa shape index (κ1) is 19.4. The Kier molecular flexibility index (Phi) is 5.17. The quantitative estimate of drug-likeness (QED) is 0.670. The minimum Gasteiger partial charge on any atom is -0.312 e. The molecule has 2 nitrogen and oxygen atoms in total. The van der Waals surface area contributed by atoms with Crippen molar-refractivity contribution in [1.29, 1.82) is 0 Å². The molecule has 0 N–H and O–H groups in total. The van der Waals surface area contributed by atoms with Gasteiger partial charge in [0.05, 0.1) is 6.54 Å². The minimum absolute atomic E-state index is 0.0158. The standard InChI is InChI=1S/C23H31NOS2/c1-22(2)18(12-14-27-22)17-9-10-19-23(3,21(17)26)13-11-20(25)24(19)15-16-7-5-4-6-8-16/h4-8,10,17-18,21,26H,9,11-15H2,1-3H3. The van der Waals surface area contributed by atoms with Crippen LogP contribution in [-0.4, -0.2) is 26.6 Å². The highest BCUT2D eigenvalue weighted by atomic mass is 32.2. The van der Waals surface area contributed by atoms with Gasteiger partial charge in [-0.05, 0) is 42.4 Å². The summed E-state index contributed by atoms with van der Waals surface area (Å²) in [7, 11) is 0. The van der Waals surface area contributed by atoms with Gasteiger partial charge in [-0.15, -0.1) is 0 Å². The SMILES string of the molecule is CC1(C)SCCC1C1CC=C2N(Cc3ccccc3)C(=O)CCC2(C)C1S. The summed E-state index contributed by atoms with van der Waals surface area (Å²) in [6, 6.07) is 10.4. The number of carbonyl (C=O) groups is 1. The van der Waals surface area contributed by atoms with E-state index in [4.69, 9.17) is 12.6 Å². The smallest absolute Gasteiger partial charge is 0.227 e. The van der Waals surface area contributed by atoms with Crippen LogP contribution in [-0.2, 0) is 11.3 Å². The maximum Gasteiger partial charge on any atom is 0.227 e. The topological polar surface area (TPSA) is 20.3 Å². The number of fused-ring (bicyclic) bond motifs is 1. The highest BCUT2D eigenvalue weighted by molar-refractivity contribution is 8.00. The highest BCUT2D eigenvalue weighted by Gasteiger charge is 2.52. The molecular formula is C23H31NOS2. The van der Waals surface area contributed by atoms with Crippen molar-refractivity contribution >= 4 is 30.3 Å². The Morgan fingerprint density at radius 2 is 1.96 bits per heavy atom. The third kappa shape index (κ3) is 3.37. The molecule has 4 rings (SSSR count). The van der Waals surface area contributed by atoms with Gasteiger partial charge in [-0.2, -0.15) is 24.4 Å². The lowest BCUT2D eigenvalue weighted by molar-refractivity contribution is -0.134. The second-order valence-electron chi connectivity index (χ2n) is 9.16. The maximum atomic E-state index is 12.8. The molecule has 0 saturated carbocycles. The van der Waals surface area contributed by atoms with E-state index < -0.39 is 0 Å². The van der Waals surface area contributed by atoms with E-state index in [0.717, 1.165) is 12.8 Å². The number of carbonyl (C=O) groups excluding carboxylic acids is 1. The van der Waals surface area contributed by atoms with Crippen molar-refractivity contribution < 1.29 is 4.79 Å². The van der Waals surface area contributed by atoms with Gasteiger partial charge >= 0.3 is 0 Å². The lowest BCUT2D eigenvalue weighted by Gasteiger charge is -2.53. The van der Waals surface area contributed by atoms with Gasteiger partial charge < -0.3 is 4.90 Å². The number of allylic oxidation sites excluding steroid dienone is 2. The van der Waals surface area contributed by atoms with Gasteiger partial charge in [-0.3, -0.25) is 4.79 Å². The number of nitrogens with zero attached hydrogens (tertiary/aromatic N) is 1. The third-order valence-corrected chi connectivity index (χ3v) is 9.61. The van der Waals surface area contributed by atoms with Crippen LogP contribution in [0.3, 0.4) is 0 Å². The average molecular weight is 402 g/mol. The Balaban J connectivity index is 1.64. The number of piperidine rings is 1.